The van der Waals surface area contributed by atoms with Gasteiger partial charge < -0.3 is 19.5 Å². The highest BCUT2D eigenvalue weighted by Gasteiger charge is 2.39. The molecular weight excluding hydrogens is 439 g/mol. The third-order valence-electron chi connectivity index (χ3n) is 5.31. The van der Waals surface area contributed by atoms with Crippen LogP contribution in [0.25, 0.3) is 0 Å². The van der Waals surface area contributed by atoms with Crippen LogP contribution in [0.3, 0.4) is 0 Å². The van der Waals surface area contributed by atoms with E-state index in [1.807, 2.05) is 20.8 Å². The SMILES string of the molecule is CCOc1cc(C(=O)NCCn2nc(C(F)(F)F)c3c2CCCC3)cc(OCC)c1OCC. The fourth-order valence-corrected chi connectivity index (χ4v) is 3.98. The van der Waals surface area contributed by atoms with Gasteiger partial charge in [0.15, 0.2) is 17.2 Å². The number of hydrogen-bond acceptors (Lipinski definition) is 5. The first-order chi connectivity index (χ1) is 15.8. The second kappa shape index (κ2) is 10.8. The summed E-state index contributed by atoms with van der Waals surface area (Å²) in [7, 11) is 0. The Morgan fingerprint density at radius 3 is 2.21 bits per heavy atom. The maximum absolute atomic E-state index is 13.4. The van der Waals surface area contributed by atoms with E-state index in [0.29, 0.717) is 61.2 Å². The summed E-state index contributed by atoms with van der Waals surface area (Å²) in [5.41, 5.74) is 0.400. The van der Waals surface area contributed by atoms with Crippen LogP contribution in [-0.4, -0.2) is 42.1 Å². The first kappa shape index (κ1) is 24.7. The lowest BCUT2D eigenvalue weighted by atomic mass is 9.95. The highest BCUT2D eigenvalue weighted by atomic mass is 19.4. The molecule has 33 heavy (non-hydrogen) atoms. The molecule has 182 valence electrons. The number of amides is 1. The van der Waals surface area contributed by atoms with Gasteiger partial charge in [-0.25, -0.2) is 0 Å². The number of carbonyl (C=O) groups is 1. The predicted molar refractivity (Wildman–Crippen MR) is 116 cm³/mol. The molecule has 1 aromatic carbocycles. The van der Waals surface area contributed by atoms with E-state index in [0.717, 1.165) is 12.8 Å². The lowest BCUT2D eigenvalue weighted by Gasteiger charge is -2.17. The highest BCUT2D eigenvalue weighted by molar-refractivity contribution is 5.95. The van der Waals surface area contributed by atoms with E-state index in [4.69, 9.17) is 14.2 Å². The van der Waals surface area contributed by atoms with Gasteiger partial charge >= 0.3 is 6.18 Å². The summed E-state index contributed by atoms with van der Waals surface area (Å²) in [5.74, 6) is 0.829. The molecule has 0 fully saturated rings. The summed E-state index contributed by atoms with van der Waals surface area (Å²) in [6.07, 6.45) is -2.00. The molecule has 2 aromatic rings. The lowest BCUT2D eigenvalue weighted by Crippen LogP contribution is -2.28. The number of alkyl halides is 3. The van der Waals surface area contributed by atoms with Crippen molar-refractivity contribution in [3.63, 3.8) is 0 Å². The van der Waals surface area contributed by atoms with Crippen molar-refractivity contribution in [2.45, 2.75) is 59.2 Å². The second-order valence-corrected chi connectivity index (χ2v) is 7.56. The van der Waals surface area contributed by atoms with Crippen LogP contribution in [0.2, 0.25) is 0 Å². The standard InChI is InChI=1S/C23H30F3N3O4/c1-4-31-18-13-15(14-19(32-5-2)20(18)33-6-3)22(30)27-11-12-29-17-10-8-7-9-16(17)21(28-29)23(24,25)26/h13-14H,4-12H2,1-3H3,(H,27,30). The Kier molecular flexibility index (Phi) is 8.10. The van der Waals surface area contributed by atoms with Crippen molar-refractivity contribution < 1.29 is 32.2 Å². The topological polar surface area (TPSA) is 74.6 Å². The molecule has 0 saturated carbocycles. The van der Waals surface area contributed by atoms with E-state index in [2.05, 4.69) is 10.4 Å². The Balaban J connectivity index is 1.75. The van der Waals surface area contributed by atoms with Crippen molar-refractivity contribution in [3.05, 3.63) is 34.6 Å². The molecule has 1 heterocycles. The van der Waals surface area contributed by atoms with Crippen LogP contribution >= 0.6 is 0 Å². The molecule has 7 nitrogen and oxygen atoms in total. The molecule has 1 aliphatic rings. The largest absolute Gasteiger partial charge is 0.490 e. The zero-order valence-corrected chi connectivity index (χ0v) is 19.2. The fraction of sp³-hybridized carbons (Fsp3) is 0.565. The van der Waals surface area contributed by atoms with Crippen molar-refractivity contribution in [2.24, 2.45) is 0 Å². The van der Waals surface area contributed by atoms with Gasteiger partial charge in [0.2, 0.25) is 5.75 Å². The summed E-state index contributed by atoms with van der Waals surface area (Å²) >= 11 is 0. The van der Waals surface area contributed by atoms with E-state index >= 15 is 0 Å². The molecule has 1 N–H and O–H groups in total. The first-order valence-corrected chi connectivity index (χ1v) is 11.3. The number of halogens is 3. The van der Waals surface area contributed by atoms with E-state index in [9.17, 15) is 18.0 Å². The van der Waals surface area contributed by atoms with Gasteiger partial charge in [0.1, 0.15) is 0 Å². The molecule has 0 spiro atoms. The molecule has 10 heteroatoms. The van der Waals surface area contributed by atoms with Crippen LogP contribution in [0.15, 0.2) is 12.1 Å². The number of nitrogens with one attached hydrogen (secondary N) is 1. The number of fused-ring (bicyclic) bond motifs is 1. The van der Waals surface area contributed by atoms with Crippen molar-refractivity contribution in [1.82, 2.24) is 15.1 Å². The second-order valence-electron chi connectivity index (χ2n) is 7.56. The van der Waals surface area contributed by atoms with Crippen LogP contribution in [0, 0.1) is 0 Å². The van der Waals surface area contributed by atoms with Crippen LogP contribution < -0.4 is 19.5 Å². The van der Waals surface area contributed by atoms with E-state index in [1.54, 1.807) is 12.1 Å². The minimum atomic E-state index is -4.48. The molecule has 0 unspecified atom stereocenters. The van der Waals surface area contributed by atoms with Crippen molar-refractivity contribution in [3.8, 4) is 17.2 Å². The van der Waals surface area contributed by atoms with E-state index < -0.39 is 17.8 Å². The Morgan fingerprint density at radius 1 is 1.03 bits per heavy atom. The molecule has 1 aliphatic carbocycles. The smallest absolute Gasteiger partial charge is 0.435 e. The van der Waals surface area contributed by atoms with Crippen molar-refractivity contribution in [1.29, 1.82) is 0 Å². The molecule has 0 saturated heterocycles. The summed E-state index contributed by atoms with van der Waals surface area (Å²) < 4.78 is 58.4. The van der Waals surface area contributed by atoms with Crippen molar-refractivity contribution in [2.75, 3.05) is 26.4 Å². The van der Waals surface area contributed by atoms with E-state index in [1.165, 1.54) is 4.68 Å². The molecule has 0 atom stereocenters. The van der Waals surface area contributed by atoms with Gasteiger partial charge in [-0.3, -0.25) is 9.48 Å². The third-order valence-corrected chi connectivity index (χ3v) is 5.31. The number of nitrogens with zero attached hydrogens (tertiary/aromatic N) is 2. The highest BCUT2D eigenvalue weighted by Crippen LogP contribution is 2.39. The molecule has 0 radical (unpaired) electrons. The van der Waals surface area contributed by atoms with Gasteiger partial charge in [0.25, 0.3) is 5.91 Å². The average molecular weight is 470 g/mol. The summed E-state index contributed by atoms with van der Waals surface area (Å²) in [5, 5.41) is 6.58. The molecule has 1 amide bonds. The lowest BCUT2D eigenvalue weighted by molar-refractivity contribution is -0.142. The number of hydrogen-bond donors (Lipinski definition) is 1. The Hall–Kier alpha value is -2.91. The Morgan fingerprint density at radius 2 is 1.64 bits per heavy atom. The first-order valence-electron chi connectivity index (χ1n) is 11.3. The van der Waals surface area contributed by atoms with Crippen LogP contribution in [0.5, 0.6) is 17.2 Å². The summed E-state index contributed by atoms with van der Waals surface area (Å²) in [6.45, 7) is 6.92. The quantitative estimate of drug-likeness (QED) is 0.558. The number of benzene rings is 1. The average Bonchev–Trinajstić information content (AvgIpc) is 3.15. The minimum Gasteiger partial charge on any atom is -0.490 e. The van der Waals surface area contributed by atoms with Gasteiger partial charge in [0, 0.05) is 23.4 Å². The Bertz CT molecular complexity index is 946. The number of aromatic nitrogens is 2. The van der Waals surface area contributed by atoms with Crippen LogP contribution in [-0.2, 0) is 25.6 Å². The van der Waals surface area contributed by atoms with Crippen LogP contribution in [0.4, 0.5) is 13.2 Å². The third kappa shape index (κ3) is 5.72. The molecule has 0 bridgehead atoms. The van der Waals surface area contributed by atoms with Gasteiger partial charge in [0.05, 0.1) is 26.4 Å². The predicted octanol–water partition coefficient (Wildman–Crippen LogP) is 4.41. The summed E-state index contributed by atoms with van der Waals surface area (Å²) in [4.78, 5) is 12.8. The molecule has 3 rings (SSSR count). The normalized spacial score (nSPS) is 13.4. The van der Waals surface area contributed by atoms with Gasteiger partial charge in [-0.1, -0.05) is 0 Å². The Labute approximate surface area is 191 Å². The molecule has 0 aliphatic heterocycles. The fourth-order valence-electron chi connectivity index (χ4n) is 3.98. The molecule has 1 aromatic heterocycles. The zero-order valence-electron chi connectivity index (χ0n) is 19.2. The van der Waals surface area contributed by atoms with Gasteiger partial charge in [-0.05, 0) is 58.6 Å². The summed E-state index contributed by atoms with van der Waals surface area (Å²) in [6, 6.07) is 3.15. The molecular formula is C23H30F3N3O4. The maximum Gasteiger partial charge on any atom is 0.435 e. The van der Waals surface area contributed by atoms with Gasteiger partial charge in [-0.15, -0.1) is 0 Å². The maximum atomic E-state index is 13.4. The van der Waals surface area contributed by atoms with E-state index in [-0.39, 0.29) is 18.7 Å². The minimum absolute atomic E-state index is 0.130. The number of ether oxygens (including phenoxy) is 3. The van der Waals surface area contributed by atoms with Crippen LogP contribution in [0.1, 0.15) is 60.9 Å². The zero-order chi connectivity index (χ0) is 24.0. The van der Waals surface area contributed by atoms with Crippen molar-refractivity contribution >= 4 is 5.91 Å². The number of carbonyl (C=O) groups excluding carboxylic acids is 1. The number of rotatable bonds is 10. The van der Waals surface area contributed by atoms with Gasteiger partial charge in [-0.2, -0.15) is 18.3 Å². The monoisotopic (exact) mass is 469 g/mol.